The topological polar surface area (TPSA) is 55.4 Å². The standard InChI is InChI=1S/C19H16ClF2NO3/c1-26-17(25)18(10-19(21,22)11-18)13-5-7-15(8-6-13)23-16(24)12-3-2-4-14(20)9-12/h2-9H,10-11H2,1H3,(H,23,24). The number of anilines is 1. The summed E-state index contributed by atoms with van der Waals surface area (Å²) in [6.45, 7) is 0. The van der Waals surface area contributed by atoms with Crippen molar-refractivity contribution in [3.05, 3.63) is 64.7 Å². The molecular formula is C19H16ClF2NO3. The summed E-state index contributed by atoms with van der Waals surface area (Å²) in [5.74, 6) is -3.91. The minimum Gasteiger partial charge on any atom is -0.468 e. The fourth-order valence-electron chi connectivity index (χ4n) is 3.20. The van der Waals surface area contributed by atoms with Gasteiger partial charge < -0.3 is 10.1 Å². The molecular weight excluding hydrogens is 364 g/mol. The van der Waals surface area contributed by atoms with Gasteiger partial charge in [0, 0.05) is 29.1 Å². The normalized spacial score (nSPS) is 17.1. The van der Waals surface area contributed by atoms with Gasteiger partial charge in [-0.1, -0.05) is 29.8 Å². The van der Waals surface area contributed by atoms with Crippen molar-refractivity contribution in [2.45, 2.75) is 24.2 Å². The van der Waals surface area contributed by atoms with Gasteiger partial charge in [-0.15, -0.1) is 0 Å². The van der Waals surface area contributed by atoms with Crippen LogP contribution in [0.15, 0.2) is 48.5 Å². The molecule has 136 valence electrons. The molecule has 2 aromatic rings. The van der Waals surface area contributed by atoms with Crippen molar-refractivity contribution in [1.82, 2.24) is 0 Å². The van der Waals surface area contributed by atoms with Crippen LogP contribution in [0.25, 0.3) is 0 Å². The number of ether oxygens (including phenoxy) is 1. The summed E-state index contributed by atoms with van der Waals surface area (Å²) >= 11 is 5.87. The van der Waals surface area contributed by atoms with Gasteiger partial charge in [0.05, 0.1) is 7.11 Å². The second-order valence-corrected chi connectivity index (χ2v) is 6.76. The molecule has 0 aromatic heterocycles. The third-order valence-electron chi connectivity index (χ3n) is 4.48. The van der Waals surface area contributed by atoms with Gasteiger partial charge in [0.15, 0.2) is 0 Å². The Morgan fingerprint density at radius 3 is 2.31 bits per heavy atom. The van der Waals surface area contributed by atoms with Gasteiger partial charge in [-0.3, -0.25) is 9.59 Å². The number of esters is 1. The summed E-state index contributed by atoms with van der Waals surface area (Å²) in [6, 6.07) is 12.7. The lowest BCUT2D eigenvalue weighted by atomic mass is 9.62. The predicted molar refractivity (Wildman–Crippen MR) is 93.7 cm³/mol. The Morgan fingerprint density at radius 1 is 1.12 bits per heavy atom. The summed E-state index contributed by atoms with van der Waals surface area (Å²) in [4.78, 5) is 24.3. The lowest BCUT2D eigenvalue weighted by Gasteiger charge is -2.45. The molecule has 1 fully saturated rings. The van der Waals surface area contributed by atoms with Crippen LogP contribution in [0.3, 0.4) is 0 Å². The van der Waals surface area contributed by atoms with E-state index in [1.54, 1.807) is 42.5 Å². The first kappa shape index (κ1) is 18.3. The van der Waals surface area contributed by atoms with Crippen molar-refractivity contribution >= 4 is 29.2 Å². The quantitative estimate of drug-likeness (QED) is 0.799. The average Bonchev–Trinajstić information content (AvgIpc) is 2.59. The SMILES string of the molecule is COC(=O)C1(c2ccc(NC(=O)c3cccc(Cl)c3)cc2)CC(F)(F)C1. The van der Waals surface area contributed by atoms with Gasteiger partial charge >= 0.3 is 5.97 Å². The van der Waals surface area contributed by atoms with Crippen molar-refractivity contribution in [3.8, 4) is 0 Å². The number of alkyl halides is 2. The van der Waals surface area contributed by atoms with Crippen LogP contribution >= 0.6 is 11.6 Å². The van der Waals surface area contributed by atoms with Crippen LogP contribution < -0.4 is 5.32 Å². The first-order valence-corrected chi connectivity index (χ1v) is 8.27. The maximum Gasteiger partial charge on any atom is 0.316 e. The lowest BCUT2D eigenvalue weighted by Crippen LogP contribution is -2.54. The van der Waals surface area contributed by atoms with Gasteiger partial charge in [-0.2, -0.15) is 0 Å². The van der Waals surface area contributed by atoms with E-state index in [2.05, 4.69) is 5.32 Å². The molecule has 0 saturated heterocycles. The van der Waals surface area contributed by atoms with Crippen molar-refractivity contribution in [2.24, 2.45) is 0 Å². The van der Waals surface area contributed by atoms with Gasteiger partial charge in [0.2, 0.25) is 0 Å². The molecule has 3 rings (SSSR count). The van der Waals surface area contributed by atoms with Crippen molar-refractivity contribution < 1.29 is 23.1 Å². The maximum atomic E-state index is 13.4. The largest absolute Gasteiger partial charge is 0.468 e. The fourth-order valence-corrected chi connectivity index (χ4v) is 3.39. The van der Waals surface area contributed by atoms with Crippen LogP contribution in [0.4, 0.5) is 14.5 Å². The molecule has 4 nitrogen and oxygen atoms in total. The average molecular weight is 380 g/mol. The highest BCUT2D eigenvalue weighted by molar-refractivity contribution is 6.31. The number of methoxy groups -OCH3 is 1. The minimum atomic E-state index is -2.88. The number of amides is 1. The van der Waals surface area contributed by atoms with Crippen molar-refractivity contribution in [1.29, 1.82) is 0 Å². The summed E-state index contributed by atoms with van der Waals surface area (Å²) in [5.41, 5.74) is -0.0274. The second kappa shape index (κ2) is 6.68. The predicted octanol–water partition coefficient (Wildman–Crippen LogP) is 4.43. The van der Waals surface area contributed by atoms with E-state index in [0.717, 1.165) is 0 Å². The molecule has 1 aliphatic rings. The number of carbonyl (C=O) groups is 2. The van der Waals surface area contributed by atoms with E-state index in [1.807, 2.05) is 0 Å². The Morgan fingerprint density at radius 2 is 1.77 bits per heavy atom. The van der Waals surface area contributed by atoms with E-state index < -0.39 is 30.1 Å². The molecule has 1 aliphatic carbocycles. The molecule has 0 aliphatic heterocycles. The van der Waals surface area contributed by atoms with Crippen molar-refractivity contribution in [2.75, 3.05) is 12.4 Å². The Bertz CT molecular complexity index is 844. The highest BCUT2D eigenvalue weighted by Crippen LogP contribution is 2.54. The minimum absolute atomic E-state index is 0.349. The Labute approximate surface area is 154 Å². The molecule has 7 heteroatoms. The molecule has 1 amide bonds. The van der Waals surface area contributed by atoms with Crippen molar-refractivity contribution in [3.63, 3.8) is 0 Å². The molecule has 0 bridgehead atoms. The van der Waals surface area contributed by atoms with Gasteiger partial charge in [-0.05, 0) is 35.9 Å². The number of hydrogen-bond donors (Lipinski definition) is 1. The summed E-state index contributed by atoms with van der Waals surface area (Å²) < 4.78 is 31.5. The molecule has 0 atom stereocenters. The number of halogens is 3. The van der Waals surface area contributed by atoms with Crippen LogP contribution in [-0.4, -0.2) is 24.9 Å². The van der Waals surface area contributed by atoms with E-state index in [1.165, 1.54) is 13.2 Å². The number of carbonyl (C=O) groups excluding carboxylic acids is 2. The summed E-state index contributed by atoms with van der Waals surface area (Å²) in [7, 11) is 1.18. The Hall–Kier alpha value is -2.47. The first-order valence-electron chi connectivity index (χ1n) is 7.89. The molecule has 1 N–H and O–H groups in total. The summed E-state index contributed by atoms with van der Waals surface area (Å²) in [6.07, 6.45) is -1.16. The number of rotatable bonds is 4. The molecule has 0 heterocycles. The van der Waals surface area contributed by atoms with Gasteiger partial charge in [0.25, 0.3) is 11.8 Å². The molecule has 1 saturated carbocycles. The van der Waals surface area contributed by atoms with E-state index in [9.17, 15) is 18.4 Å². The molecule has 0 unspecified atom stereocenters. The highest BCUT2D eigenvalue weighted by atomic mass is 35.5. The third-order valence-corrected chi connectivity index (χ3v) is 4.71. The van der Waals surface area contributed by atoms with E-state index in [0.29, 0.717) is 21.8 Å². The molecule has 2 aromatic carbocycles. The number of benzene rings is 2. The Kier molecular flexibility index (Phi) is 4.71. The fraction of sp³-hybridized carbons (Fsp3) is 0.263. The molecule has 0 radical (unpaired) electrons. The second-order valence-electron chi connectivity index (χ2n) is 6.33. The van der Waals surface area contributed by atoms with Gasteiger partial charge in [-0.25, -0.2) is 8.78 Å². The zero-order valence-corrected chi connectivity index (χ0v) is 14.6. The lowest BCUT2D eigenvalue weighted by molar-refractivity contribution is -0.177. The zero-order chi connectivity index (χ0) is 18.9. The highest BCUT2D eigenvalue weighted by Gasteiger charge is 2.62. The monoisotopic (exact) mass is 379 g/mol. The zero-order valence-electron chi connectivity index (χ0n) is 13.9. The summed E-state index contributed by atoms with van der Waals surface area (Å²) in [5, 5.41) is 3.14. The van der Waals surface area contributed by atoms with Gasteiger partial charge in [0.1, 0.15) is 5.41 Å². The van der Waals surface area contributed by atoms with Crippen LogP contribution in [0.5, 0.6) is 0 Å². The van der Waals surface area contributed by atoms with E-state index in [4.69, 9.17) is 16.3 Å². The molecule has 26 heavy (non-hydrogen) atoms. The van der Waals surface area contributed by atoms with E-state index >= 15 is 0 Å². The van der Waals surface area contributed by atoms with E-state index in [-0.39, 0.29) is 5.91 Å². The number of nitrogens with one attached hydrogen (secondary N) is 1. The number of hydrogen-bond acceptors (Lipinski definition) is 3. The smallest absolute Gasteiger partial charge is 0.316 e. The maximum absolute atomic E-state index is 13.4. The third kappa shape index (κ3) is 3.42. The van der Waals surface area contributed by atoms with Crippen LogP contribution in [-0.2, 0) is 14.9 Å². The Balaban J connectivity index is 1.78. The molecule has 0 spiro atoms. The first-order chi connectivity index (χ1) is 12.3. The van der Waals surface area contributed by atoms with Crippen LogP contribution in [0.1, 0.15) is 28.8 Å². The van der Waals surface area contributed by atoms with Crippen LogP contribution in [0, 0.1) is 0 Å². The van der Waals surface area contributed by atoms with Crippen LogP contribution in [0.2, 0.25) is 5.02 Å².